The minimum Gasteiger partial charge on any atom is -0.351 e. The average molecular weight is 212 g/mol. The van der Waals surface area contributed by atoms with Crippen molar-refractivity contribution >= 4 is 5.91 Å². The molecule has 3 aliphatic heterocycles. The molecular weight excluding hydrogens is 190 g/mol. The molecule has 3 rings (SSSR count). The zero-order valence-corrected chi connectivity index (χ0v) is 9.67. The van der Waals surface area contributed by atoms with Gasteiger partial charge in [0.25, 0.3) is 5.91 Å². The van der Waals surface area contributed by atoms with E-state index in [9.17, 15) is 4.79 Å². The van der Waals surface area contributed by atoms with Gasteiger partial charge in [0.15, 0.2) is 6.54 Å². The van der Waals surface area contributed by atoms with Gasteiger partial charge in [-0.15, -0.1) is 0 Å². The smallest absolute Gasteiger partial charge is 0.275 e. The molecule has 4 heteroatoms. The SMILES string of the molecule is CCCNC(=O)C[N+]12CCN(CC1)CC2. The molecule has 3 heterocycles. The van der Waals surface area contributed by atoms with Gasteiger partial charge in [0, 0.05) is 26.2 Å². The van der Waals surface area contributed by atoms with Crippen molar-refractivity contribution in [2.75, 3.05) is 52.4 Å². The molecule has 1 N–H and O–H groups in total. The van der Waals surface area contributed by atoms with E-state index in [0.717, 1.165) is 17.4 Å². The number of carbonyl (C=O) groups excluding carboxylic acids is 1. The third-order valence-corrected chi connectivity index (χ3v) is 3.72. The number of carbonyl (C=O) groups is 1. The van der Waals surface area contributed by atoms with Crippen LogP contribution >= 0.6 is 0 Å². The van der Waals surface area contributed by atoms with E-state index in [2.05, 4.69) is 17.1 Å². The summed E-state index contributed by atoms with van der Waals surface area (Å²) < 4.78 is 1.03. The van der Waals surface area contributed by atoms with E-state index < -0.39 is 0 Å². The van der Waals surface area contributed by atoms with Crippen LogP contribution in [-0.2, 0) is 4.79 Å². The largest absolute Gasteiger partial charge is 0.351 e. The molecule has 86 valence electrons. The summed E-state index contributed by atoms with van der Waals surface area (Å²) in [5.74, 6) is 0.243. The van der Waals surface area contributed by atoms with Crippen molar-refractivity contribution in [2.45, 2.75) is 13.3 Å². The number of quaternary nitrogens is 1. The molecule has 4 nitrogen and oxygen atoms in total. The quantitative estimate of drug-likeness (QED) is 0.647. The third kappa shape index (κ3) is 2.49. The maximum absolute atomic E-state index is 11.7. The minimum absolute atomic E-state index is 0.243. The number of nitrogens with one attached hydrogen (secondary N) is 1. The van der Waals surface area contributed by atoms with E-state index in [4.69, 9.17) is 0 Å². The van der Waals surface area contributed by atoms with E-state index >= 15 is 0 Å². The van der Waals surface area contributed by atoms with Gasteiger partial charge in [-0.05, 0) is 6.42 Å². The maximum atomic E-state index is 11.7. The summed E-state index contributed by atoms with van der Waals surface area (Å²) >= 11 is 0. The molecule has 0 aliphatic carbocycles. The van der Waals surface area contributed by atoms with Crippen LogP contribution in [0.25, 0.3) is 0 Å². The Kier molecular flexibility index (Phi) is 3.26. The Balaban J connectivity index is 1.84. The molecule has 0 aromatic heterocycles. The third-order valence-electron chi connectivity index (χ3n) is 3.72. The molecule has 3 saturated heterocycles. The number of rotatable bonds is 4. The van der Waals surface area contributed by atoms with Crippen LogP contribution in [0.15, 0.2) is 0 Å². The lowest BCUT2D eigenvalue weighted by Gasteiger charge is -2.50. The molecule has 0 aromatic rings. The lowest BCUT2D eigenvalue weighted by Crippen LogP contribution is -2.69. The summed E-state index contributed by atoms with van der Waals surface area (Å²) in [6.07, 6.45) is 1.03. The predicted octanol–water partition coefficient (Wildman–Crippen LogP) is -0.341. The highest BCUT2D eigenvalue weighted by Crippen LogP contribution is 2.18. The lowest BCUT2D eigenvalue weighted by atomic mass is 10.1. The summed E-state index contributed by atoms with van der Waals surface area (Å²) in [6.45, 7) is 10.7. The molecule has 0 aromatic carbocycles. The summed E-state index contributed by atoms with van der Waals surface area (Å²) in [5, 5.41) is 2.99. The van der Waals surface area contributed by atoms with Crippen molar-refractivity contribution in [3.8, 4) is 0 Å². The highest BCUT2D eigenvalue weighted by atomic mass is 16.2. The summed E-state index contributed by atoms with van der Waals surface area (Å²) in [7, 11) is 0. The van der Waals surface area contributed by atoms with Crippen LogP contribution in [0.4, 0.5) is 0 Å². The fourth-order valence-electron chi connectivity index (χ4n) is 2.59. The van der Waals surface area contributed by atoms with Crippen molar-refractivity contribution in [3.63, 3.8) is 0 Å². The average Bonchev–Trinajstić information content (AvgIpc) is 2.28. The molecule has 3 aliphatic rings. The second-order valence-corrected chi connectivity index (χ2v) is 4.86. The number of piperazine rings is 3. The zero-order valence-electron chi connectivity index (χ0n) is 9.67. The number of nitrogens with zero attached hydrogens (tertiary/aromatic N) is 2. The van der Waals surface area contributed by atoms with E-state index in [1.165, 1.54) is 39.3 Å². The number of amides is 1. The Labute approximate surface area is 91.8 Å². The molecule has 0 atom stereocenters. The topological polar surface area (TPSA) is 32.3 Å². The number of hydrogen-bond acceptors (Lipinski definition) is 2. The minimum atomic E-state index is 0.243. The van der Waals surface area contributed by atoms with Crippen LogP contribution in [0.1, 0.15) is 13.3 Å². The molecule has 0 saturated carbocycles. The Hall–Kier alpha value is -0.610. The molecular formula is C11H22N3O+. The Morgan fingerprint density at radius 1 is 1.27 bits per heavy atom. The summed E-state index contributed by atoms with van der Waals surface area (Å²) in [6, 6.07) is 0. The highest BCUT2D eigenvalue weighted by molar-refractivity contribution is 5.77. The first kappa shape index (κ1) is 10.9. The Morgan fingerprint density at radius 3 is 2.40 bits per heavy atom. The van der Waals surface area contributed by atoms with Crippen LogP contribution in [0.2, 0.25) is 0 Å². The summed E-state index contributed by atoms with van der Waals surface area (Å²) in [4.78, 5) is 14.2. The molecule has 0 spiro atoms. The van der Waals surface area contributed by atoms with Gasteiger partial charge in [0.2, 0.25) is 0 Å². The van der Waals surface area contributed by atoms with Gasteiger partial charge in [-0.2, -0.15) is 0 Å². The van der Waals surface area contributed by atoms with Crippen LogP contribution in [0.3, 0.4) is 0 Å². The molecule has 2 bridgehead atoms. The number of hydrogen-bond donors (Lipinski definition) is 1. The van der Waals surface area contributed by atoms with Crippen LogP contribution in [0, 0.1) is 0 Å². The Bertz CT molecular complexity index is 220. The first-order chi connectivity index (χ1) is 7.24. The molecule has 0 radical (unpaired) electrons. The first-order valence-corrected chi connectivity index (χ1v) is 6.08. The highest BCUT2D eigenvalue weighted by Gasteiger charge is 2.39. The maximum Gasteiger partial charge on any atom is 0.275 e. The van der Waals surface area contributed by atoms with E-state index in [-0.39, 0.29) is 5.91 Å². The standard InChI is InChI=1S/C11H21N3O/c1-2-3-12-11(15)10-14-7-4-13(5-8-14)6-9-14/h2-10H2,1H3/p+1. The second-order valence-electron chi connectivity index (χ2n) is 4.86. The van der Waals surface area contributed by atoms with Gasteiger partial charge in [0.05, 0.1) is 19.6 Å². The normalized spacial score (nSPS) is 34.1. The van der Waals surface area contributed by atoms with Crippen LogP contribution < -0.4 is 5.32 Å². The Morgan fingerprint density at radius 2 is 1.87 bits per heavy atom. The van der Waals surface area contributed by atoms with Crippen molar-refractivity contribution in [3.05, 3.63) is 0 Å². The molecule has 1 amide bonds. The molecule has 15 heavy (non-hydrogen) atoms. The van der Waals surface area contributed by atoms with Gasteiger partial charge in [-0.1, -0.05) is 6.92 Å². The number of fused-ring (bicyclic) bond motifs is 3. The monoisotopic (exact) mass is 212 g/mol. The van der Waals surface area contributed by atoms with Crippen molar-refractivity contribution in [1.82, 2.24) is 10.2 Å². The second kappa shape index (κ2) is 4.49. The van der Waals surface area contributed by atoms with E-state index in [1.807, 2.05) is 0 Å². The van der Waals surface area contributed by atoms with Gasteiger partial charge in [0.1, 0.15) is 0 Å². The van der Waals surface area contributed by atoms with Gasteiger partial charge in [-0.25, -0.2) is 0 Å². The first-order valence-electron chi connectivity index (χ1n) is 6.08. The summed E-state index contributed by atoms with van der Waals surface area (Å²) in [5.41, 5.74) is 0. The fourth-order valence-corrected chi connectivity index (χ4v) is 2.59. The van der Waals surface area contributed by atoms with Gasteiger partial charge in [-0.3, -0.25) is 9.69 Å². The van der Waals surface area contributed by atoms with Gasteiger partial charge >= 0.3 is 0 Å². The van der Waals surface area contributed by atoms with Crippen molar-refractivity contribution < 1.29 is 9.28 Å². The van der Waals surface area contributed by atoms with E-state index in [1.54, 1.807) is 0 Å². The predicted molar refractivity (Wildman–Crippen MR) is 59.5 cm³/mol. The fraction of sp³-hybridized carbons (Fsp3) is 0.909. The van der Waals surface area contributed by atoms with E-state index in [0.29, 0.717) is 6.54 Å². The van der Waals surface area contributed by atoms with Crippen LogP contribution in [-0.4, -0.2) is 67.6 Å². The van der Waals surface area contributed by atoms with Crippen molar-refractivity contribution in [1.29, 1.82) is 0 Å². The van der Waals surface area contributed by atoms with Crippen molar-refractivity contribution in [2.24, 2.45) is 0 Å². The molecule has 3 fully saturated rings. The lowest BCUT2D eigenvalue weighted by molar-refractivity contribution is -0.933. The molecule has 0 unspecified atom stereocenters. The zero-order chi connectivity index (χ0) is 10.7. The van der Waals surface area contributed by atoms with Gasteiger partial charge < -0.3 is 9.80 Å². The van der Waals surface area contributed by atoms with Crippen LogP contribution in [0.5, 0.6) is 0 Å².